The zero-order chi connectivity index (χ0) is 21.3. The Hall–Kier alpha value is -2.54. The van der Waals surface area contributed by atoms with Gasteiger partial charge in [0.25, 0.3) is 15.9 Å². The van der Waals surface area contributed by atoms with Gasteiger partial charge in [-0.2, -0.15) is 0 Å². The van der Waals surface area contributed by atoms with Crippen LogP contribution < -0.4 is 14.4 Å². The standard InChI is InChI=1S/C22H28N2O4S/c1-14(2)17(5)23-22(25)21-13-24(19-11-8-16(4)12-20(19)28-21)29(26,27)18-9-6-15(3)7-10-18/h6-12,14,17,21H,13H2,1-5H3,(H,23,25)/t17-,21-/m0/s1. The molecule has 1 aliphatic heterocycles. The molecule has 156 valence electrons. The summed E-state index contributed by atoms with van der Waals surface area (Å²) < 4.78 is 34.0. The number of sulfonamides is 1. The predicted molar refractivity (Wildman–Crippen MR) is 114 cm³/mol. The molecule has 3 rings (SSSR count). The molecular formula is C22H28N2O4S. The van der Waals surface area contributed by atoms with Crippen LogP contribution in [-0.4, -0.2) is 33.0 Å². The van der Waals surface area contributed by atoms with Gasteiger partial charge in [0, 0.05) is 6.04 Å². The zero-order valence-electron chi connectivity index (χ0n) is 17.5. The number of rotatable bonds is 5. The number of aryl methyl sites for hydroxylation is 2. The van der Waals surface area contributed by atoms with Crippen molar-refractivity contribution in [1.82, 2.24) is 5.32 Å². The SMILES string of the molecule is Cc1ccc(S(=O)(=O)N2C[C@@H](C(=O)N[C@@H](C)C(C)C)Oc3cc(C)ccc32)cc1. The van der Waals surface area contributed by atoms with E-state index in [0.717, 1.165) is 11.1 Å². The first kappa shape index (κ1) is 21.2. The van der Waals surface area contributed by atoms with E-state index in [1.165, 1.54) is 4.31 Å². The Morgan fingerprint density at radius 3 is 2.31 bits per heavy atom. The van der Waals surface area contributed by atoms with Crippen molar-refractivity contribution in [3.8, 4) is 5.75 Å². The summed E-state index contributed by atoms with van der Waals surface area (Å²) in [5.74, 6) is 0.330. The van der Waals surface area contributed by atoms with Gasteiger partial charge in [-0.25, -0.2) is 8.42 Å². The first-order valence-electron chi connectivity index (χ1n) is 9.76. The highest BCUT2D eigenvalue weighted by molar-refractivity contribution is 7.92. The van der Waals surface area contributed by atoms with Gasteiger partial charge in [0.2, 0.25) is 0 Å². The number of ether oxygens (including phenoxy) is 1. The molecule has 29 heavy (non-hydrogen) atoms. The molecule has 0 aromatic heterocycles. The van der Waals surface area contributed by atoms with E-state index in [-0.39, 0.29) is 29.3 Å². The van der Waals surface area contributed by atoms with Gasteiger partial charge < -0.3 is 10.1 Å². The van der Waals surface area contributed by atoms with Crippen LogP contribution in [0.2, 0.25) is 0 Å². The van der Waals surface area contributed by atoms with E-state index in [4.69, 9.17) is 4.74 Å². The van der Waals surface area contributed by atoms with Crippen LogP contribution in [0.1, 0.15) is 31.9 Å². The molecule has 6 nitrogen and oxygen atoms in total. The highest BCUT2D eigenvalue weighted by Crippen LogP contribution is 2.37. The summed E-state index contributed by atoms with van der Waals surface area (Å²) in [7, 11) is -3.84. The fraction of sp³-hybridized carbons (Fsp3) is 0.409. The summed E-state index contributed by atoms with van der Waals surface area (Å²) in [6.45, 7) is 9.67. The molecular weight excluding hydrogens is 388 g/mol. The lowest BCUT2D eigenvalue weighted by molar-refractivity contribution is -0.128. The second-order valence-corrected chi connectivity index (χ2v) is 9.83. The van der Waals surface area contributed by atoms with Gasteiger partial charge >= 0.3 is 0 Å². The van der Waals surface area contributed by atoms with Crippen molar-refractivity contribution in [2.75, 3.05) is 10.8 Å². The van der Waals surface area contributed by atoms with Gasteiger partial charge in [-0.3, -0.25) is 9.10 Å². The minimum atomic E-state index is -3.84. The third-order valence-electron chi connectivity index (χ3n) is 5.26. The maximum atomic E-state index is 13.4. The fourth-order valence-electron chi connectivity index (χ4n) is 3.05. The van der Waals surface area contributed by atoms with E-state index in [9.17, 15) is 13.2 Å². The van der Waals surface area contributed by atoms with Crippen LogP contribution in [-0.2, 0) is 14.8 Å². The summed E-state index contributed by atoms with van der Waals surface area (Å²) in [5.41, 5.74) is 2.34. The molecule has 0 radical (unpaired) electrons. The van der Waals surface area contributed by atoms with E-state index in [1.807, 2.05) is 40.7 Å². The second-order valence-electron chi connectivity index (χ2n) is 7.97. The molecule has 0 fully saturated rings. The normalized spacial score (nSPS) is 17.4. The molecule has 7 heteroatoms. The number of carbonyl (C=O) groups is 1. The van der Waals surface area contributed by atoms with Crippen molar-refractivity contribution in [2.24, 2.45) is 5.92 Å². The third kappa shape index (κ3) is 4.40. The Morgan fingerprint density at radius 2 is 1.69 bits per heavy atom. The molecule has 0 saturated carbocycles. The number of benzene rings is 2. The summed E-state index contributed by atoms with van der Waals surface area (Å²) in [6.07, 6.45) is -0.925. The molecule has 2 aromatic carbocycles. The van der Waals surface area contributed by atoms with E-state index in [0.29, 0.717) is 11.4 Å². The predicted octanol–water partition coefficient (Wildman–Crippen LogP) is 3.42. The zero-order valence-corrected chi connectivity index (χ0v) is 18.3. The van der Waals surface area contributed by atoms with Crippen molar-refractivity contribution < 1.29 is 17.9 Å². The van der Waals surface area contributed by atoms with Crippen LogP contribution in [0, 0.1) is 19.8 Å². The molecule has 0 spiro atoms. The van der Waals surface area contributed by atoms with Crippen LogP contribution in [0.3, 0.4) is 0 Å². The Bertz CT molecular complexity index is 1000. The molecule has 1 N–H and O–H groups in total. The number of nitrogens with one attached hydrogen (secondary N) is 1. The highest BCUT2D eigenvalue weighted by Gasteiger charge is 2.38. The number of hydrogen-bond acceptors (Lipinski definition) is 4. The number of anilines is 1. The quantitative estimate of drug-likeness (QED) is 0.810. The lowest BCUT2D eigenvalue weighted by Crippen LogP contribution is -2.52. The number of carbonyl (C=O) groups excluding carboxylic acids is 1. The van der Waals surface area contributed by atoms with Gasteiger partial charge in [0.05, 0.1) is 17.1 Å². The Labute approximate surface area is 172 Å². The lowest BCUT2D eigenvalue weighted by atomic mass is 10.1. The average Bonchev–Trinajstić information content (AvgIpc) is 2.66. The van der Waals surface area contributed by atoms with Crippen molar-refractivity contribution in [1.29, 1.82) is 0 Å². The van der Waals surface area contributed by atoms with E-state index in [2.05, 4.69) is 5.32 Å². The van der Waals surface area contributed by atoms with Crippen molar-refractivity contribution in [2.45, 2.75) is 51.7 Å². The molecule has 2 aromatic rings. The molecule has 0 aliphatic carbocycles. The maximum Gasteiger partial charge on any atom is 0.264 e. The topological polar surface area (TPSA) is 75.7 Å². The number of amides is 1. The molecule has 0 saturated heterocycles. The smallest absolute Gasteiger partial charge is 0.264 e. The van der Waals surface area contributed by atoms with Gasteiger partial charge in [-0.1, -0.05) is 37.6 Å². The summed E-state index contributed by atoms with van der Waals surface area (Å²) in [5, 5.41) is 2.93. The highest BCUT2D eigenvalue weighted by atomic mass is 32.2. The average molecular weight is 417 g/mol. The Kier molecular flexibility index (Phi) is 5.89. The van der Waals surface area contributed by atoms with Crippen LogP contribution >= 0.6 is 0 Å². The van der Waals surface area contributed by atoms with E-state index in [1.54, 1.807) is 36.4 Å². The maximum absolute atomic E-state index is 13.4. The number of hydrogen-bond donors (Lipinski definition) is 1. The molecule has 1 heterocycles. The first-order valence-corrected chi connectivity index (χ1v) is 11.2. The first-order chi connectivity index (χ1) is 13.6. The minimum Gasteiger partial charge on any atom is -0.476 e. The molecule has 1 amide bonds. The minimum absolute atomic E-state index is 0.0489. The fourth-order valence-corrected chi connectivity index (χ4v) is 4.52. The summed E-state index contributed by atoms with van der Waals surface area (Å²) in [6, 6.07) is 12.0. The Morgan fingerprint density at radius 1 is 1.07 bits per heavy atom. The summed E-state index contributed by atoms with van der Waals surface area (Å²) >= 11 is 0. The molecule has 2 atom stereocenters. The van der Waals surface area contributed by atoms with Crippen LogP contribution in [0.4, 0.5) is 5.69 Å². The monoisotopic (exact) mass is 416 g/mol. The van der Waals surface area contributed by atoms with Crippen molar-refractivity contribution >= 4 is 21.6 Å². The Balaban J connectivity index is 1.99. The van der Waals surface area contributed by atoms with Crippen LogP contribution in [0.15, 0.2) is 47.4 Å². The molecule has 0 unspecified atom stereocenters. The number of nitrogens with zero attached hydrogens (tertiary/aromatic N) is 1. The second kappa shape index (κ2) is 8.06. The van der Waals surface area contributed by atoms with Gasteiger partial charge in [0.1, 0.15) is 5.75 Å². The van der Waals surface area contributed by atoms with Crippen molar-refractivity contribution in [3.63, 3.8) is 0 Å². The van der Waals surface area contributed by atoms with Gasteiger partial charge in [-0.15, -0.1) is 0 Å². The molecule has 0 bridgehead atoms. The lowest BCUT2D eigenvalue weighted by Gasteiger charge is -2.35. The van der Waals surface area contributed by atoms with Crippen molar-refractivity contribution in [3.05, 3.63) is 53.6 Å². The summed E-state index contributed by atoms with van der Waals surface area (Å²) in [4.78, 5) is 13.0. The van der Waals surface area contributed by atoms with Gasteiger partial charge in [-0.05, 0) is 56.5 Å². The van der Waals surface area contributed by atoms with E-state index < -0.39 is 16.1 Å². The third-order valence-corrected chi connectivity index (χ3v) is 7.05. The van der Waals surface area contributed by atoms with E-state index >= 15 is 0 Å². The molecule has 1 aliphatic rings. The van der Waals surface area contributed by atoms with Crippen LogP contribution in [0.25, 0.3) is 0 Å². The largest absolute Gasteiger partial charge is 0.476 e. The van der Waals surface area contributed by atoms with Crippen LogP contribution in [0.5, 0.6) is 5.75 Å². The number of fused-ring (bicyclic) bond motifs is 1. The van der Waals surface area contributed by atoms with Gasteiger partial charge in [0.15, 0.2) is 6.10 Å².